The number of nitrogens with zero attached hydrogens (tertiary/aromatic N) is 1. The summed E-state index contributed by atoms with van der Waals surface area (Å²) in [6, 6.07) is 6.90. The number of halogens is 1. The van der Waals surface area contributed by atoms with Crippen molar-refractivity contribution in [1.29, 1.82) is 0 Å². The lowest BCUT2D eigenvalue weighted by Gasteiger charge is -2.34. The van der Waals surface area contributed by atoms with Crippen LogP contribution in [0.25, 0.3) is 0 Å². The van der Waals surface area contributed by atoms with Gasteiger partial charge in [0.25, 0.3) is 0 Å². The number of hydrogen-bond acceptors (Lipinski definition) is 3. The fraction of sp³-hybridized carbons (Fsp3) is 0.571. The van der Waals surface area contributed by atoms with Gasteiger partial charge in [-0.05, 0) is 24.5 Å². The molecular formula is C14H20FNOS. The summed E-state index contributed by atoms with van der Waals surface area (Å²) >= 11 is 1.56. The van der Waals surface area contributed by atoms with Crippen LogP contribution in [0, 0.1) is 11.7 Å². The molecule has 1 aliphatic heterocycles. The first-order chi connectivity index (χ1) is 8.66. The number of likely N-dealkylation sites (tertiary alicyclic amines) is 1. The van der Waals surface area contributed by atoms with Crippen molar-refractivity contribution in [3.63, 3.8) is 0 Å². The summed E-state index contributed by atoms with van der Waals surface area (Å²) in [7, 11) is 0. The number of aliphatic hydroxyl groups excluding tert-OH is 1. The van der Waals surface area contributed by atoms with E-state index in [1.165, 1.54) is 6.07 Å². The lowest BCUT2D eigenvalue weighted by molar-refractivity contribution is 0.0377. The van der Waals surface area contributed by atoms with E-state index >= 15 is 0 Å². The molecule has 1 fully saturated rings. The van der Waals surface area contributed by atoms with Gasteiger partial charge in [-0.2, -0.15) is 0 Å². The van der Waals surface area contributed by atoms with Gasteiger partial charge in [-0.15, -0.1) is 11.8 Å². The summed E-state index contributed by atoms with van der Waals surface area (Å²) in [5.74, 6) is 1.10. The average molecular weight is 269 g/mol. The highest BCUT2D eigenvalue weighted by atomic mass is 32.2. The topological polar surface area (TPSA) is 23.5 Å². The molecule has 1 heterocycles. The Bertz CT molecular complexity index is 388. The Morgan fingerprint density at radius 1 is 1.44 bits per heavy atom. The van der Waals surface area contributed by atoms with E-state index in [0.29, 0.717) is 5.92 Å². The highest BCUT2D eigenvalue weighted by Gasteiger charge is 2.23. The molecule has 1 N–H and O–H groups in total. The first-order valence-electron chi connectivity index (χ1n) is 6.44. The Balaban J connectivity index is 1.74. The third-order valence-corrected chi connectivity index (χ3v) is 4.47. The van der Waals surface area contributed by atoms with Gasteiger partial charge in [-0.3, -0.25) is 0 Å². The zero-order valence-corrected chi connectivity index (χ0v) is 11.5. The molecule has 0 radical (unpaired) electrons. The molecule has 2 nitrogen and oxygen atoms in total. The molecule has 0 amide bonds. The van der Waals surface area contributed by atoms with Crippen molar-refractivity contribution in [2.24, 2.45) is 5.92 Å². The van der Waals surface area contributed by atoms with E-state index in [2.05, 4.69) is 11.8 Å². The summed E-state index contributed by atoms with van der Waals surface area (Å²) in [4.78, 5) is 3.08. The third-order valence-electron chi connectivity index (χ3n) is 3.45. The lowest BCUT2D eigenvalue weighted by Crippen LogP contribution is -2.42. The van der Waals surface area contributed by atoms with Gasteiger partial charge in [-0.1, -0.05) is 19.1 Å². The normalized spacial score (nSPS) is 25.3. The van der Waals surface area contributed by atoms with Crippen LogP contribution in [0.3, 0.4) is 0 Å². The van der Waals surface area contributed by atoms with Gasteiger partial charge in [0, 0.05) is 30.3 Å². The Hall–Kier alpha value is -0.580. The average Bonchev–Trinajstić information content (AvgIpc) is 2.36. The third kappa shape index (κ3) is 3.70. The van der Waals surface area contributed by atoms with E-state index in [-0.39, 0.29) is 11.9 Å². The molecular weight excluding hydrogens is 249 g/mol. The predicted octanol–water partition coefficient (Wildman–Crippen LogP) is 2.62. The second-order valence-corrected chi connectivity index (χ2v) is 6.05. The monoisotopic (exact) mass is 269 g/mol. The van der Waals surface area contributed by atoms with Gasteiger partial charge in [-0.25, -0.2) is 4.39 Å². The summed E-state index contributed by atoms with van der Waals surface area (Å²) in [5, 5.41) is 9.65. The molecule has 0 bridgehead atoms. The van der Waals surface area contributed by atoms with Crippen LogP contribution in [0.5, 0.6) is 0 Å². The number of benzene rings is 1. The van der Waals surface area contributed by atoms with Crippen molar-refractivity contribution >= 4 is 11.8 Å². The molecule has 2 rings (SSSR count). The van der Waals surface area contributed by atoms with Gasteiger partial charge in [0.05, 0.1) is 6.10 Å². The minimum Gasteiger partial charge on any atom is -0.393 e. The minimum atomic E-state index is -0.152. The maximum atomic E-state index is 13.4. The fourth-order valence-corrected chi connectivity index (χ4v) is 3.22. The summed E-state index contributed by atoms with van der Waals surface area (Å²) in [5.41, 5.74) is 0. The van der Waals surface area contributed by atoms with Gasteiger partial charge >= 0.3 is 0 Å². The highest BCUT2D eigenvalue weighted by Crippen LogP contribution is 2.22. The van der Waals surface area contributed by atoms with Gasteiger partial charge in [0.2, 0.25) is 0 Å². The van der Waals surface area contributed by atoms with E-state index in [1.54, 1.807) is 17.8 Å². The Labute approximate surface area is 112 Å². The van der Waals surface area contributed by atoms with Crippen molar-refractivity contribution in [1.82, 2.24) is 4.90 Å². The summed E-state index contributed by atoms with van der Waals surface area (Å²) in [6.45, 7) is 4.93. The molecule has 2 unspecified atom stereocenters. The molecule has 1 saturated heterocycles. The van der Waals surface area contributed by atoms with Crippen molar-refractivity contribution in [2.45, 2.75) is 24.3 Å². The molecule has 2 atom stereocenters. The van der Waals surface area contributed by atoms with Gasteiger partial charge in [0.15, 0.2) is 0 Å². The maximum Gasteiger partial charge on any atom is 0.136 e. The molecule has 0 aromatic heterocycles. The highest BCUT2D eigenvalue weighted by molar-refractivity contribution is 7.99. The Kier molecular flexibility index (Phi) is 5.03. The summed E-state index contributed by atoms with van der Waals surface area (Å²) in [6.07, 6.45) is 0.700. The Morgan fingerprint density at radius 3 is 2.94 bits per heavy atom. The molecule has 18 heavy (non-hydrogen) atoms. The first-order valence-corrected chi connectivity index (χ1v) is 7.43. The van der Waals surface area contributed by atoms with Crippen LogP contribution in [0.4, 0.5) is 4.39 Å². The van der Waals surface area contributed by atoms with E-state index in [9.17, 15) is 9.50 Å². The standard InChI is InChI=1S/C14H20FNOS/c1-11-10-16(7-6-13(11)17)8-9-18-14-5-3-2-4-12(14)15/h2-5,11,13,17H,6-10H2,1H3. The van der Waals surface area contributed by atoms with Crippen LogP contribution in [-0.4, -0.2) is 41.5 Å². The minimum absolute atomic E-state index is 0.134. The molecule has 0 spiro atoms. The zero-order chi connectivity index (χ0) is 13.0. The van der Waals surface area contributed by atoms with E-state index in [1.807, 2.05) is 12.1 Å². The lowest BCUT2D eigenvalue weighted by atomic mass is 9.97. The summed E-state index contributed by atoms with van der Waals surface area (Å²) < 4.78 is 13.4. The molecule has 0 aliphatic carbocycles. The van der Waals surface area contributed by atoms with Crippen molar-refractivity contribution in [3.05, 3.63) is 30.1 Å². The molecule has 4 heteroatoms. The quantitative estimate of drug-likeness (QED) is 0.850. The van der Waals surface area contributed by atoms with Crippen LogP contribution in [0.2, 0.25) is 0 Å². The smallest absolute Gasteiger partial charge is 0.136 e. The van der Waals surface area contributed by atoms with Crippen LogP contribution in [0.15, 0.2) is 29.2 Å². The fourth-order valence-electron chi connectivity index (χ4n) is 2.27. The SMILES string of the molecule is CC1CN(CCSc2ccccc2F)CCC1O. The van der Waals surface area contributed by atoms with Crippen molar-refractivity contribution in [2.75, 3.05) is 25.4 Å². The molecule has 1 aromatic carbocycles. The van der Waals surface area contributed by atoms with Crippen molar-refractivity contribution in [3.8, 4) is 0 Å². The number of aliphatic hydroxyl groups is 1. The zero-order valence-electron chi connectivity index (χ0n) is 10.7. The molecule has 1 aromatic rings. The number of hydrogen-bond donors (Lipinski definition) is 1. The second-order valence-electron chi connectivity index (χ2n) is 4.91. The molecule has 1 aliphatic rings. The Morgan fingerprint density at radius 2 is 2.22 bits per heavy atom. The van der Waals surface area contributed by atoms with E-state index in [0.717, 1.165) is 36.7 Å². The number of piperidine rings is 1. The van der Waals surface area contributed by atoms with Gasteiger partial charge in [0.1, 0.15) is 5.82 Å². The number of rotatable bonds is 4. The van der Waals surface area contributed by atoms with Crippen LogP contribution >= 0.6 is 11.8 Å². The van der Waals surface area contributed by atoms with Gasteiger partial charge < -0.3 is 10.0 Å². The van der Waals surface area contributed by atoms with Crippen LogP contribution in [0.1, 0.15) is 13.3 Å². The van der Waals surface area contributed by atoms with Crippen LogP contribution < -0.4 is 0 Å². The largest absolute Gasteiger partial charge is 0.393 e. The predicted molar refractivity (Wildman–Crippen MR) is 73.4 cm³/mol. The number of thioether (sulfide) groups is 1. The molecule has 0 saturated carbocycles. The van der Waals surface area contributed by atoms with E-state index < -0.39 is 0 Å². The van der Waals surface area contributed by atoms with Crippen molar-refractivity contribution < 1.29 is 9.50 Å². The maximum absolute atomic E-state index is 13.4. The second kappa shape index (κ2) is 6.55. The van der Waals surface area contributed by atoms with Crippen LogP contribution in [-0.2, 0) is 0 Å². The first kappa shape index (κ1) is 13.8. The molecule has 100 valence electrons. The van der Waals surface area contributed by atoms with E-state index in [4.69, 9.17) is 0 Å².